The molecule has 0 bridgehead atoms. The second-order valence-corrected chi connectivity index (χ2v) is 4.81. The fourth-order valence-corrected chi connectivity index (χ4v) is 1.89. The van der Waals surface area contributed by atoms with Gasteiger partial charge in [-0.1, -0.05) is 17.7 Å². The Morgan fingerprint density at radius 3 is 2.43 bits per heavy atom. The maximum Gasteiger partial charge on any atom is 0.318 e. The molecular formula is C15H15ClFN3O. The van der Waals surface area contributed by atoms with Gasteiger partial charge < -0.3 is 16.0 Å². The summed E-state index contributed by atoms with van der Waals surface area (Å²) >= 11 is 5.70. The molecule has 0 aliphatic heterocycles. The van der Waals surface area contributed by atoms with Crippen molar-refractivity contribution in [2.75, 3.05) is 17.7 Å². The van der Waals surface area contributed by atoms with Crippen LogP contribution in [-0.4, -0.2) is 13.1 Å². The predicted octanol–water partition coefficient (Wildman–Crippen LogP) is 3.84. The molecule has 2 aromatic carbocycles. The molecule has 4 nitrogen and oxygen atoms in total. The van der Waals surface area contributed by atoms with Crippen molar-refractivity contribution in [1.82, 2.24) is 5.32 Å². The maximum atomic E-state index is 13.6. The van der Waals surface area contributed by atoms with Gasteiger partial charge in [-0.25, -0.2) is 9.18 Å². The first-order valence-corrected chi connectivity index (χ1v) is 6.73. The van der Waals surface area contributed by atoms with Crippen molar-refractivity contribution in [3.63, 3.8) is 0 Å². The third kappa shape index (κ3) is 4.36. The minimum Gasteiger partial charge on any atom is -0.381 e. The van der Waals surface area contributed by atoms with E-state index < -0.39 is 0 Å². The highest BCUT2D eigenvalue weighted by Gasteiger charge is 2.03. The summed E-state index contributed by atoms with van der Waals surface area (Å²) < 4.78 is 13.6. The molecule has 2 amide bonds. The minimum atomic E-state index is -0.340. The van der Waals surface area contributed by atoms with Gasteiger partial charge >= 0.3 is 6.03 Å². The molecule has 0 saturated carbocycles. The molecule has 0 radical (unpaired) electrons. The van der Waals surface area contributed by atoms with Crippen LogP contribution in [-0.2, 0) is 6.54 Å². The van der Waals surface area contributed by atoms with Gasteiger partial charge in [0.15, 0.2) is 0 Å². The van der Waals surface area contributed by atoms with Gasteiger partial charge in [-0.2, -0.15) is 0 Å². The molecule has 3 N–H and O–H groups in total. The summed E-state index contributed by atoms with van der Waals surface area (Å²) in [4.78, 5) is 11.2. The van der Waals surface area contributed by atoms with Crippen LogP contribution in [0.15, 0.2) is 42.5 Å². The van der Waals surface area contributed by atoms with Crippen LogP contribution in [0.4, 0.5) is 20.6 Å². The van der Waals surface area contributed by atoms with E-state index in [2.05, 4.69) is 16.0 Å². The van der Waals surface area contributed by atoms with Crippen LogP contribution in [0.5, 0.6) is 0 Å². The van der Waals surface area contributed by atoms with Crippen LogP contribution in [0.3, 0.4) is 0 Å². The summed E-state index contributed by atoms with van der Waals surface area (Å²) in [5.74, 6) is -0.340. The highest BCUT2D eigenvalue weighted by molar-refractivity contribution is 6.30. The van der Waals surface area contributed by atoms with E-state index >= 15 is 0 Å². The number of hydrogen-bond acceptors (Lipinski definition) is 2. The fraction of sp³-hybridized carbons (Fsp3) is 0.133. The molecule has 0 saturated heterocycles. The van der Waals surface area contributed by atoms with Crippen LogP contribution in [0.25, 0.3) is 0 Å². The molecule has 0 atom stereocenters. The largest absolute Gasteiger partial charge is 0.381 e. The van der Waals surface area contributed by atoms with Gasteiger partial charge in [-0.3, -0.25) is 0 Å². The van der Waals surface area contributed by atoms with Gasteiger partial charge in [0, 0.05) is 35.6 Å². The average Bonchev–Trinajstić information content (AvgIpc) is 2.48. The third-order valence-corrected chi connectivity index (χ3v) is 3.10. The molecule has 0 spiro atoms. The quantitative estimate of drug-likeness (QED) is 0.804. The van der Waals surface area contributed by atoms with Crippen molar-refractivity contribution < 1.29 is 9.18 Å². The Labute approximate surface area is 127 Å². The molecular weight excluding hydrogens is 293 g/mol. The molecule has 0 aliphatic carbocycles. The number of amides is 2. The molecule has 0 aliphatic rings. The summed E-state index contributed by atoms with van der Waals surface area (Å²) in [5.41, 5.74) is 2.04. The first-order chi connectivity index (χ1) is 10.1. The first kappa shape index (κ1) is 15.1. The minimum absolute atomic E-state index is 0.279. The van der Waals surface area contributed by atoms with E-state index in [1.165, 1.54) is 6.07 Å². The Balaban J connectivity index is 1.96. The number of carbonyl (C=O) groups is 1. The second-order valence-electron chi connectivity index (χ2n) is 4.37. The molecule has 110 valence electrons. The lowest BCUT2D eigenvalue weighted by Crippen LogP contribution is -2.24. The van der Waals surface area contributed by atoms with Crippen molar-refractivity contribution in [2.45, 2.75) is 6.54 Å². The lowest BCUT2D eigenvalue weighted by atomic mass is 10.2. The Hall–Kier alpha value is -2.27. The van der Waals surface area contributed by atoms with Gasteiger partial charge in [-0.05, 0) is 36.4 Å². The van der Waals surface area contributed by atoms with E-state index in [4.69, 9.17) is 11.6 Å². The smallest absolute Gasteiger partial charge is 0.318 e. The van der Waals surface area contributed by atoms with Crippen molar-refractivity contribution >= 4 is 29.0 Å². The summed E-state index contributed by atoms with van der Waals surface area (Å²) in [6.07, 6.45) is 0. The molecule has 0 aromatic heterocycles. The normalized spacial score (nSPS) is 10.0. The van der Waals surface area contributed by atoms with Crippen LogP contribution < -0.4 is 16.0 Å². The number of benzene rings is 2. The summed E-state index contributed by atoms with van der Waals surface area (Å²) in [5, 5.41) is 8.60. The monoisotopic (exact) mass is 307 g/mol. The molecule has 21 heavy (non-hydrogen) atoms. The molecule has 0 fully saturated rings. The highest BCUT2D eigenvalue weighted by atomic mass is 35.5. The van der Waals surface area contributed by atoms with E-state index in [1.54, 1.807) is 43.4 Å². The summed E-state index contributed by atoms with van der Waals surface area (Å²) in [6.45, 7) is 0.352. The maximum absolute atomic E-state index is 13.6. The van der Waals surface area contributed by atoms with Gasteiger partial charge in [0.2, 0.25) is 0 Å². The third-order valence-electron chi connectivity index (χ3n) is 2.87. The van der Waals surface area contributed by atoms with Crippen molar-refractivity contribution in [2.24, 2.45) is 0 Å². The number of anilines is 2. The van der Waals surface area contributed by atoms with Gasteiger partial charge in [-0.15, -0.1) is 0 Å². The molecule has 2 rings (SSSR count). The average molecular weight is 308 g/mol. The lowest BCUT2D eigenvalue weighted by molar-refractivity contribution is 0.254. The SMILES string of the molecule is CNC(=O)Nc1ccc(NCc2ccc(Cl)cc2F)cc1. The first-order valence-electron chi connectivity index (χ1n) is 6.35. The molecule has 2 aromatic rings. The Kier molecular flexibility index (Phi) is 5.00. The molecule has 0 heterocycles. The van der Waals surface area contributed by atoms with E-state index in [9.17, 15) is 9.18 Å². The molecule has 6 heteroatoms. The number of halogens is 2. The standard InChI is InChI=1S/C15H15ClFN3O/c1-18-15(21)20-13-6-4-12(5-7-13)19-9-10-2-3-11(16)8-14(10)17/h2-8,19H,9H2,1H3,(H2,18,20,21). The van der Waals surface area contributed by atoms with E-state index in [0.29, 0.717) is 22.8 Å². The van der Waals surface area contributed by atoms with E-state index in [-0.39, 0.29) is 11.8 Å². The van der Waals surface area contributed by atoms with Crippen LogP contribution in [0.2, 0.25) is 5.02 Å². The Morgan fingerprint density at radius 2 is 1.81 bits per heavy atom. The van der Waals surface area contributed by atoms with Gasteiger partial charge in [0.1, 0.15) is 5.82 Å². The zero-order chi connectivity index (χ0) is 15.2. The Bertz CT molecular complexity index is 631. The Morgan fingerprint density at radius 1 is 1.14 bits per heavy atom. The topological polar surface area (TPSA) is 53.2 Å². The van der Waals surface area contributed by atoms with Gasteiger partial charge in [0.05, 0.1) is 0 Å². The van der Waals surface area contributed by atoms with Gasteiger partial charge in [0.25, 0.3) is 0 Å². The lowest BCUT2D eigenvalue weighted by Gasteiger charge is -2.09. The van der Waals surface area contributed by atoms with Crippen molar-refractivity contribution in [3.8, 4) is 0 Å². The van der Waals surface area contributed by atoms with Crippen LogP contribution in [0, 0.1) is 5.82 Å². The number of hydrogen-bond donors (Lipinski definition) is 3. The van der Waals surface area contributed by atoms with Crippen LogP contribution >= 0.6 is 11.6 Å². The van der Waals surface area contributed by atoms with Crippen molar-refractivity contribution in [3.05, 3.63) is 58.9 Å². The van der Waals surface area contributed by atoms with Crippen LogP contribution in [0.1, 0.15) is 5.56 Å². The van der Waals surface area contributed by atoms with E-state index in [0.717, 1.165) is 5.69 Å². The number of carbonyl (C=O) groups excluding carboxylic acids is 1. The summed E-state index contributed by atoms with van der Waals surface area (Å²) in [6, 6.07) is 11.4. The highest BCUT2D eigenvalue weighted by Crippen LogP contribution is 2.17. The van der Waals surface area contributed by atoms with E-state index in [1.807, 2.05) is 0 Å². The summed E-state index contributed by atoms with van der Waals surface area (Å²) in [7, 11) is 1.55. The zero-order valence-corrected chi connectivity index (χ0v) is 12.2. The second kappa shape index (κ2) is 6.95. The number of urea groups is 1. The number of nitrogens with one attached hydrogen (secondary N) is 3. The van der Waals surface area contributed by atoms with Crippen molar-refractivity contribution in [1.29, 1.82) is 0 Å². The fourth-order valence-electron chi connectivity index (χ4n) is 1.73. The zero-order valence-electron chi connectivity index (χ0n) is 11.4. The molecule has 0 unspecified atom stereocenters. The predicted molar refractivity (Wildman–Crippen MR) is 83.3 cm³/mol. The number of rotatable bonds is 4.